The molecule has 0 radical (unpaired) electrons. The molecule has 136 valence electrons. The van der Waals surface area contributed by atoms with Gasteiger partial charge in [0, 0.05) is 20.7 Å². The molecule has 2 aromatic carbocycles. The number of thioether (sulfide) groups is 1. The van der Waals surface area contributed by atoms with E-state index in [2.05, 4.69) is 92.9 Å². The van der Waals surface area contributed by atoms with Crippen molar-refractivity contribution in [2.24, 2.45) is 5.92 Å². The van der Waals surface area contributed by atoms with E-state index in [0.717, 1.165) is 28.1 Å². The molecular formula is C20H23IN4S. The molecule has 1 heterocycles. The van der Waals surface area contributed by atoms with Crippen molar-refractivity contribution in [1.82, 2.24) is 14.8 Å². The first-order valence-electron chi connectivity index (χ1n) is 8.75. The summed E-state index contributed by atoms with van der Waals surface area (Å²) in [6.45, 7) is 5.13. The standard InChI is InChI=1S/C20H23IN4S/c1-15(2)12-13-26-20-24-23-19(25(20)18-6-4-3-5-7-18)14-22-17-10-8-16(21)9-11-17/h3-11,15,22H,12-14H2,1-2H3. The molecule has 3 aromatic rings. The fourth-order valence-corrected chi connectivity index (χ4v) is 4.05. The van der Waals surface area contributed by atoms with E-state index < -0.39 is 0 Å². The minimum atomic E-state index is 0.632. The second-order valence-electron chi connectivity index (χ2n) is 6.46. The topological polar surface area (TPSA) is 42.7 Å². The van der Waals surface area contributed by atoms with Crippen LogP contribution in [0.2, 0.25) is 0 Å². The summed E-state index contributed by atoms with van der Waals surface area (Å²) in [7, 11) is 0. The van der Waals surface area contributed by atoms with Gasteiger partial charge in [0.05, 0.1) is 6.54 Å². The van der Waals surface area contributed by atoms with Crippen molar-refractivity contribution in [3.8, 4) is 5.69 Å². The second kappa shape index (κ2) is 9.41. The molecule has 4 nitrogen and oxygen atoms in total. The number of rotatable bonds is 8. The molecule has 0 saturated heterocycles. The largest absolute Gasteiger partial charge is 0.378 e. The number of halogens is 1. The summed E-state index contributed by atoms with van der Waals surface area (Å²) >= 11 is 4.09. The molecule has 0 bridgehead atoms. The van der Waals surface area contributed by atoms with E-state index >= 15 is 0 Å². The number of hydrogen-bond acceptors (Lipinski definition) is 4. The van der Waals surface area contributed by atoms with Crippen LogP contribution in [0.15, 0.2) is 59.8 Å². The lowest BCUT2D eigenvalue weighted by Crippen LogP contribution is -2.08. The predicted octanol–water partition coefficient (Wildman–Crippen LogP) is 5.62. The highest BCUT2D eigenvalue weighted by molar-refractivity contribution is 14.1. The molecule has 6 heteroatoms. The number of hydrogen-bond donors (Lipinski definition) is 1. The van der Waals surface area contributed by atoms with Crippen LogP contribution in [0.3, 0.4) is 0 Å². The summed E-state index contributed by atoms with van der Waals surface area (Å²) < 4.78 is 3.38. The molecule has 0 saturated carbocycles. The Morgan fingerprint density at radius 3 is 2.46 bits per heavy atom. The quantitative estimate of drug-likeness (QED) is 0.337. The van der Waals surface area contributed by atoms with Gasteiger partial charge in [-0.05, 0) is 71.3 Å². The lowest BCUT2D eigenvalue weighted by molar-refractivity contribution is 0.631. The smallest absolute Gasteiger partial charge is 0.195 e. The lowest BCUT2D eigenvalue weighted by Gasteiger charge is -2.12. The van der Waals surface area contributed by atoms with E-state index in [0.29, 0.717) is 12.5 Å². The van der Waals surface area contributed by atoms with Crippen molar-refractivity contribution in [3.63, 3.8) is 0 Å². The molecule has 1 N–H and O–H groups in total. The maximum atomic E-state index is 4.45. The molecule has 26 heavy (non-hydrogen) atoms. The van der Waals surface area contributed by atoms with Gasteiger partial charge in [-0.1, -0.05) is 43.8 Å². The number of nitrogens with one attached hydrogen (secondary N) is 1. The third-order valence-corrected chi connectivity index (χ3v) is 5.62. The van der Waals surface area contributed by atoms with E-state index in [1.165, 1.54) is 9.99 Å². The van der Waals surface area contributed by atoms with E-state index in [-0.39, 0.29) is 0 Å². The Labute approximate surface area is 172 Å². The molecule has 0 aliphatic carbocycles. The van der Waals surface area contributed by atoms with Gasteiger partial charge < -0.3 is 5.32 Å². The van der Waals surface area contributed by atoms with E-state index in [1.807, 2.05) is 18.2 Å². The number of anilines is 1. The van der Waals surface area contributed by atoms with Gasteiger partial charge in [0.25, 0.3) is 0 Å². The van der Waals surface area contributed by atoms with Crippen LogP contribution < -0.4 is 5.32 Å². The molecule has 0 fully saturated rings. The Kier molecular flexibility index (Phi) is 6.96. The number of nitrogens with zero attached hydrogens (tertiary/aromatic N) is 3. The van der Waals surface area contributed by atoms with Gasteiger partial charge in [-0.3, -0.25) is 4.57 Å². The minimum absolute atomic E-state index is 0.632. The Morgan fingerprint density at radius 2 is 1.77 bits per heavy atom. The summed E-state index contributed by atoms with van der Waals surface area (Å²) in [5, 5.41) is 13.3. The average molecular weight is 478 g/mol. The highest BCUT2D eigenvalue weighted by Gasteiger charge is 2.14. The van der Waals surface area contributed by atoms with Gasteiger partial charge in [-0.15, -0.1) is 10.2 Å². The number of para-hydroxylation sites is 1. The first kappa shape index (κ1) is 19.2. The van der Waals surface area contributed by atoms with Crippen molar-refractivity contribution in [2.45, 2.75) is 32.0 Å². The fourth-order valence-electron chi connectivity index (χ4n) is 2.48. The van der Waals surface area contributed by atoms with Crippen LogP contribution in [0.25, 0.3) is 5.69 Å². The molecule has 0 spiro atoms. The van der Waals surface area contributed by atoms with Crippen molar-refractivity contribution < 1.29 is 0 Å². The summed E-state index contributed by atoms with van der Waals surface area (Å²) in [6.07, 6.45) is 1.17. The highest BCUT2D eigenvalue weighted by Crippen LogP contribution is 2.24. The molecular weight excluding hydrogens is 455 g/mol. The summed E-state index contributed by atoms with van der Waals surface area (Å²) in [5.74, 6) is 2.66. The monoisotopic (exact) mass is 478 g/mol. The van der Waals surface area contributed by atoms with Crippen LogP contribution in [-0.4, -0.2) is 20.5 Å². The van der Waals surface area contributed by atoms with Crippen molar-refractivity contribution in [2.75, 3.05) is 11.1 Å². The van der Waals surface area contributed by atoms with Crippen LogP contribution in [0.4, 0.5) is 5.69 Å². The molecule has 3 rings (SSSR count). The first-order chi connectivity index (χ1) is 12.6. The SMILES string of the molecule is CC(C)CCSc1nnc(CNc2ccc(I)cc2)n1-c1ccccc1. The summed E-state index contributed by atoms with van der Waals surface area (Å²) in [4.78, 5) is 0. The molecule has 0 aliphatic rings. The van der Waals surface area contributed by atoms with Crippen LogP contribution >= 0.6 is 34.4 Å². The zero-order valence-electron chi connectivity index (χ0n) is 15.0. The summed E-state index contributed by atoms with van der Waals surface area (Å²) in [6, 6.07) is 18.7. The van der Waals surface area contributed by atoms with Gasteiger partial charge in [-0.2, -0.15) is 0 Å². The normalized spacial score (nSPS) is 11.1. The first-order valence-corrected chi connectivity index (χ1v) is 10.8. The van der Waals surface area contributed by atoms with Crippen LogP contribution in [0.1, 0.15) is 26.1 Å². The average Bonchev–Trinajstić information content (AvgIpc) is 3.04. The molecule has 0 atom stereocenters. The van der Waals surface area contributed by atoms with Crippen LogP contribution in [-0.2, 0) is 6.54 Å². The summed E-state index contributed by atoms with van der Waals surface area (Å²) in [5.41, 5.74) is 2.19. The fraction of sp³-hybridized carbons (Fsp3) is 0.300. The zero-order valence-corrected chi connectivity index (χ0v) is 18.0. The zero-order chi connectivity index (χ0) is 18.4. The Bertz CT molecular complexity index is 816. The van der Waals surface area contributed by atoms with E-state index in [4.69, 9.17) is 0 Å². The van der Waals surface area contributed by atoms with Gasteiger partial charge in [0.15, 0.2) is 11.0 Å². The van der Waals surface area contributed by atoms with Crippen LogP contribution in [0.5, 0.6) is 0 Å². The molecule has 0 amide bonds. The van der Waals surface area contributed by atoms with Crippen LogP contribution in [0, 0.1) is 9.49 Å². The molecule has 0 unspecified atom stereocenters. The van der Waals surface area contributed by atoms with Crippen molar-refractivity contribution >= 4 is 40.0 Å². The Morgan fingerprint density at radius 1 is 1.04 bits per heavy atom. The third kappa shape index (κ3) is 5.23. The maximum Gasteiger partial charge on any atom is 0.195 e. The highest BCUT2D eigenvalue weighted by atomic mass is 127. The second-order valence-corrected chi connectivity index (χ2v) is 8.77. The maximum absolute atomic E-state index is 4.45. The lowest BCUT2D eigenvalue weighted by atomic mass is 10.2. The van der Waals surface area contributed by atoms with Gasteiger partial charge >= 0.3 is 0 Å². The predicted molar refractivity (Wildman–Crippen MR) is 118 cm³/mol. The van der Waals surface area contributed by atoms with Crippen molar-refractivity contribution in [1.29, 1.82) is 0 Å². The molecule has 1 aromatic heterocycles. The third-order valence-electron chi connectivity index (χ3n) is 3.94. The number of aromatic nitrogens is 3. The Balaban J connectivity index is 1.80. The van der Waals surface area contributed by atoms with Gasteiger partial charge in [-0.25, -0.2) is 0 Å². The van der Waals surface area contributed by atoms with Gasteiger partial charge in [0.1, 0.15) is 0 Å². The van der Waals surface area contributed by atoms with E-state index in [1.54, 1.807) is 11.8 Å². The minimum Gasteiger partial charge on any atom is -0.378 e. The number of benzene rings is 2. The van der Waals surface area contributed by atoms with E-state index in [9.17, 15) is 0 Å². The molecule has 0 aliphatic heterocycles. The van der Waals surface area contributed by atoms with Crippen molar-refractivity contribution in [3.05, 3.63) is 64.0 Å². The Hall–Kier alpha value is -1.54. The van der Waals surface area contributed by atoms with Gasteiger partial charge in [0.2, 0.25) is 0 Å².